The third-order valence-corrected chi connectivity index (χ3v) is 3.01. The van der Waals surface area contributed by atoms with Crippen LogP contribution in [0.2, 0.25) is 0 Å². The van der Waals surface area contributed by atoms with Gasteiger partial charge >= 0.3 is 11.8 Å². The Morgan fingerprint density at radius 2 is 1.83 bits per heavy atom. The first-order chi connectivity index (χ1) is 8.29. The molecule has 3 nitrogen and oxygen atoms in total. The van der Waals surface area contributed by atoms with Crippen molar-refractivity contribution >= 4 is 11.7 Å². The monoisotopic (exact) mass is 249 g/mol. The molecule has 1 unspecified atom stereocenters. The van der Waals surface area contributed by atoms with Crippen molar-refractivity contribution in [3.05, 3.63) is 35.4 Å². The van der Waals surface area contributed by atoms with Gasteiger partial charge in [0.1, 0.15) is 5.71 Å². The van der Waals surface area contributed by atoms with Crippen molar-refractivity contribution in [2.45, 2.75) is 32.0 Å². The van der Waals surface area contributed by atoms with Gasteiger partial charge in [-0.25, -0.2) is 9.79 Å². The second-order valence-corrected chi connectivity index (χ2v) is 5.40. The number of aliphatic imine (C=N–C) groups is 1. The highest BCUT2D eigenvalue weighted by Crippen LogP contribution is 2.36. The molecule has 1 aliphatic heterocycles. The zero-order chi connectivity index (χ0) is 13.6. The molecule has 0 fully saturated rings. The highest BCUT2D eigenvalue weighted by atomic mass is 19.1. The minimum absolute atomic E-state index is 0.0407. The van der Waals surface area contributed by atoms with Crippen LogP contribution in [-0.2, 0) is 14.9 Å². The topological polar surface area (TPSA) is 38.7 Å². The number of carbonyl (C=O) groups excluding carboxylic acids is 1. The predicted octanol–water partition coefficient (Wildman–Crippen LogP) is 2.63. The fraction of sp³-hybridized carbons (Fsp3) is 0.429. The minimum Gasteiger partial charge on any atom is -0.465 e. The predicted molar refractivity (Wildman–Crippen MR) is 67.5 cm³/mol. The number of benzene rings is 1. The van der Waals surface area contributed by atoms with E-state index in [-0.39, 0.29) is 11.1 Å². The highest BCUT2D eigenvalue weighted by molar-refractivity contribution is 6.27. The van der Waals surface area contributed by atoms with E-state index >= 15 is 0 Å². The Morgan fingerprint density at radius 3 is 2.28 bits per heavy atom. The van der Waals surface area contributed by atoms with Crippen molar-refractivity contribution in [3.63, 3.8) is 0 Å². The summed E-state index contributed by atoms with van der Waals surface area (Å²) in [6, 6.07) is 7.41. The van der Waals surface area contributed by atoms with Crippen molar-refractivity contribution < 1.29 is 13.9 Å². The Hall–Kier alpha value is -1.71. The molecule has 1 aromatic rings. The summed E-state index contributed by atoms with van der Waals surface area (Å²) in [5.41, 5.74) is 1.96. The second kappa shape index (κ2) is 3.90. The molecule has 18 heavy (non-hydrogen) atoms. The smallest absolute Gasteiger partial charge is 0.373 e. The molecule has 0 bridgehead atoms. The normalized spacial score (nSPS) is 22.4. The van der Waals surface area contributed by atoms with Gasteiger partial charge in [-0.15, -0.1) is 0 Å². The fourth-order valence-electron chi connectivity index (χ4n) is 1.79. The molecular formula is C14H16FNO2. The van der Waals surface area contributed by atoms with E-state index in [4.69, 9.17) is 0 Å². The summed E-state index contributed by atoms with van der Waals surface area (Å²) in [5.74, 6) is -3.23. The van der Waals surface area contributed by atoms with E-state index in [0.29, 0.717) is 5.56 Å². The van der Waals surface area contributed by atoms with E-state index in [0.717, 1.165) is 12.7 Å². The first kappa shape index (κ1) is 12.7. The summed E-state index contributed by atoms with van der Waals surface area (Å²) in [7, 11) is 1.15. The Labute approximate surface area is 106 Å². The summed E-state index contributed by atoms with van der Waals surface area (Å²) in [4.78, 5) is 14.8. The van der Waals surface area contributed by atoms with E-state index in [1.807, 2.05) is 12.1 Å². The second-order valence-electron chi connectivity index (χ2n) is 5.40. The van der Waals surface area contributed by atoms with Crippen LogP contribution in [-0.4, -0.2) is 24.6 Å². The molecule has 0 radical (unpaired) electrons. The quantitative estimate of drug-likeness (QED) is 0.597. The Bertz CT molecular complexity index is 514. The van der Waals surface area contributed by atoms with Crippen LogP contribution in [0.15, 0.2) is 29.3 Å². The summed E-state index contributed by atoms with van der Waals surface area (Å²) >= 11 is 0. The molecule has 96 valence electrons. The van der Waals surface area contributed by atoms with Crippen molar-refractivity contribution in [2.24, 2.45) is 4.99 Å². The molecule has 1 heterocycles. The van der Waals surface area contributed by atoms with Crippen LogP contribution in [0, 0.1) is 0 Å². The molecule has 0 spiro atoms. The Balaban J connectivity index is 2.19. The maximum Gasteiger partial charge on any atom is 0.373 e. The van der Waals surface area contributed by atoms with Crippen molar-refractivity contribution in [1.29, 1.82) is 0 Å². The molecular weight excluding hydrogens is 233 g/mol. The van der Waals surface area contributed by atoms with Crippen LogP contribution < -0.4 is 0 Å². The van der Waals surface area contributed by atoms with E-state index in [2.05, 4.69) is 30.5 Å². The molecule has 4 heteroatoms. The van der Waals surface area contributed by atoms with Crippen molar-refractivity contribution in [3.8, 4) is 0 Å². The first-order valence-corrected chi connectivity index (χ1v) is 5.77. The van der Waals surface area contributed by atoms with Crippen LogP contribution in [0.1, 0.15) is 31.9 Å². The number of alkyl halides is 1. The summed E-state index contributed by atoms with van der Waals surface area (Å²) in [5, 5.41) is 0. The molecule has 1 atom stereocenters. The lowest BCUT2D eigenvalue weighted by Crippen LogP contribution is -2.26. The van der Waals surface area contributed by atoms with Gasteiger partial charge in [-0.3, -0.25) is 0 Å². The summed E-state index contributed by atoms with van der Waals surface area (Å²) in [6.45, 7) is 6.31. The first-order valence-electron chi connectivity index (χ1n) is 5.77. The Kier molecular flexibility index (Phi) is 2.76. The number of hydrogen-bond donors (Lipinski definition) is 0. The molecule has 0 aromatic heterocycles. The van der Waals surface area contributed by atoms with Crippen LogP contribution in [0.5, 0.6) is 0 Å². The van der Waals surface area contributed by atoms with Gasteiger partial charge in [0, 0.05) is 5.56 Å². The van der Waals surface area contributed by atoms with E-state index in [1.54, 1.807) is 12.1 Å². The molecule has 1 aliphatic rings. The van der Waals surface area contributed by atoms with E-state index < -0.39 is 11.8 Å². The standard InChI is InChI=1S/C14H16FNO2/c1-13(2,3)10-7-5-9(6-8-10)11-14(15,16-11)12(17)18-4/h5-8H,1-4H3. The summed E-state index contributed by atoms with van der Waals surface area (Å²) < 4.78 is 18.3. The van der Waals surface area contributed by atoms with Crippen molar-refractivity contribution in [2.75, 3.05) is 7.11 Å². The maximum absolute atomic E-state index is 13.9. The lowest BCUT2D eigenvalue weighted by molar-refractivity contribution is -0.147. The zero-order valence-corrected chi connectivity index (χ0v) is 11.0. The highest BCUT2D eigenvalue weighted by Gasteiger charge is 2.57. The zero-order valence-electron chi connectivity index (χ0n) is 11.0. The largest absolute Gasteiger partial charge is 0.465 e. The van der Waals surface area contributed by atoms with Gasteiger partial charge in [-0.05, 0) is 11.0 Å². The van der Waals surface area contributed by atoms with Gasteiger partial charge in [0.25, 0.3) is 0 Å². The SMILES string of the molecule is COC(=O)C1(F)N=C1c1ccc(C(C)(C)C)cc1. The molecule has 0 amide bonds. The number of esters is 1. The number of hydrogen-bond acceptors (Lipinski definition) is 3. The van der Waals surface area contributed by atoms with Crippen molar-refractivity contribution in [1.82, 2.24) is 0 Å². The maximum atomic E-state index is 13.9. The fourth-order valence-corrected chi connectivity index (χ4v) is 1.79. The molecule has 1 aromatic carbocycles. The molecule has 0 saturated heterocycles. The molecule has 0 saturated carbocycles. The average molecular weight is 249 g/mol. The number of nitrogens with zero attached hydrogens (tertiary/aromatic N) is 1. The van der Waals surface area contributed by atoms with Crippen LogP contribution in [0.25, 0.3) is 0 Å². The molecule has 0 N–H and O–H groups in total. The van der Waals surface area contributed by atoms with Crippen LogP contribution in [0.4, 0.5) is 4.39 Å². The van der Waals surface area contributed by atoms with Gasteiger partial charge in [-0.2, -0.15) is 4.39 Å². The van der Waals surface area contributed by atoms with Gasteiger partial charge in [-0.1, -0.05) is 45.0 Å². The van der Waals surface area contributed by atoms with Gasteiger partial charge in [0.15, 0.2) is 0 Å². The average Bonchev–Trinajstić information content (AvgIpc) is 3.01. The number of halogens is 1. The molecule has 2 rings (SSSR count). The van der Waals surface area contributed by atoms with Crippen LogP contribution in [0.3, 0.4) is 0 Å². The minimum atomic E-state index is -2.27. The van der Waals surface area contributed by atoms with E-state index in [9.17, 15) is 9.18 Å². The lowest BCUT2D eigenvalue weighted by atomic mass is 9.86. The number of carbonyl (C=O) groups is 1. The van der Waals surface area contributed by atoms with Crippen LogP contribution >= 0.6 is 0 Å². The number of ether oxygens (including phenoxy) is 1. The summed E-state index contributed by atoms with van der Waals surface area (Å²) in [6.07, 6.45) is 0. The van der Waals surface area contributed by atoms with Gasteiger partial charge < -0.3 is 4.74 Å². The lowest BCUT2D eigenvalue weighted by Gasteiger charge is -2.18. The number of rotatable bonds is 2. The third kappa shape index (κ3) is 2.03. The number of methoxy groups -OCH3 is 1. The van der Waals surface area contributed by atoms with E-state index in [1.165, 1.54) is 0 Å². The third-order valence-electron chi connectivity index (χ3n) is 3.01. The van der Waals surface area contributed by atoms with Gasteiger partial charge in [0.05, 0.1) is 7.11 Å². The van der Waals surface area contributed by atoms with Gasteiger partial charge in [0.2, 0.25) is 0 Å². The molecule has 0 aliphatic carbocycles. The Morgan fingerprint density at radius 1 is 1.28 bits per heavy atom.